The molecule has 5 rings (SSSR count). The van der Waals surface area contributed by atoms with E-state index in [1.54, 1.807) is 28.8 Å². The van der Waals surface area contributed by atoms with Gasteiger partial charge in [0.2, 0.25) is 0 Å². The summed E-state index contributed by atoms with van der Waals surface area (Å²) in [5, 5.41) is 10.3. The fourth-order valence-corrected chi connectivity index (χ4v) is 5.18. The number of fused-ring (bicyclic) bond motifs is 1. The number of hydrogen-bond acceptors (Lipinski definition) is 5. The van der Waals surface area contributed by atoms with Crippen molar-refractivity contribution in [3.05, 3.63) is 95.3 Å². The molecule has 2 N–H and O–H groups in total. The minimum absolute atomic E-state index is 0.0570. The third-order valence-electron chi connectivity index (χ3n) is 7.30. The first-order valence-corrected chi connectivity index (χ1v) is 13.5. The summed E-state index contributed by atoms with van der Waals surface area (Å²) in [4.78, 5) is 39.7. The Hall–Kier alpha value is -4.66. The van der Waals surface area contributed by atoms with Gasteiger partial charge in [-0.15, -0.1) is 0 Å². The number of amides is 3. The Kier molecular flexibility index (Phi) is 7.82. The van der Waals surface area contributed by atoms with E-state index in [0.717, 1.165) is 29.7 Å². The maximum Gasteiger partial charge on any atom is 0.411 e. The van der Waals surface area contributed by atoms with Crippen molar-refractivity contribution < 1.29 is 19.1 Å². The van der Waals surface area contributed by atoms with Crippen LogP contribution >= 0.6 is 0 Å². The van der Waals surface area contributed by atoms with Crippen LogP contribution in [0.4, 0.5) is 16.2 Å². The first kappa shape index (κ1) is 26.9. The molecule has 0 saturated carbocycles. The molecule has 3 amide bonds. The number of rotatable bonds is 6. The van der Waals surface area contributed by atoms with E-state index in [1.807, 2.05) is 55.3 Å². The summed E-state index contributed by atoms with van der Waals surface area (Å²) in [6.45, 7) is 5.35. The summed E-state index contributed by atoms with van der Waals surface area (Å²) in [5.41, 5.74) is 5.12. The highest BCUT2D eigenvalue weighted by Crippen LogP contribution is 2.30. The van der Waals surface area contributed by atoms with Crippen molar-refractivity contribution in [3.63, 3.8) is 0 Å². The van der Waals surface area contributed by atoms with Crippen LogP contribution in [0.2, 0.25) is 0 Å². The lowest BCUT2D eigenvalue weighted by molar-refractivity contribution is 0.0713. The minimum atomic E-state index is -0.577. The monoisotopic (exact) mass is 539 g/mol. The van der Waals surface area contributed by atoms with E-state index < -0.39 is 6.09 Å². The second-order valence-electron chi connectivity index (χ2n) is 10.3. The smallest absolute Gasteiger partial charge is 0.411 e. The zero-order valence-electron chi connectivity index (χ0n) is 22.9. The summed E-state index contributed by atoms with van der Waals surface area (Å²) in [7, 11) is 1.30. The standard InChI is InChI=1S/C31H33N5O4/c1-20(2)28-27(26-9-4-5-16-36(26)34-28)29(37)32-24-12-10-21(11-13-24)22-14-17-35(18-15-22)30(38)23-7-6-8-25(19-23)33-31(39)40-3/h4-13,16,19-20,22H,14-15,17-18H2,1-3H3,(H,32,37)(H,33,39). The number of methoxy groups -OCH3 is 1. The SMILES string of the molecule is COC(=O)Nc1cccc(C(=O)N2CCC(c3ccc(NC(=O)c4c(C(C)C)nn5ccccc45)cc3)CC2)c1. The van der Waals surface area contributed by atoms with Crippen LogP contribution in [-0.4, -0.2) is 52.6 Å². The quantitative estimate of drug-likeness (QED) is 0.317. The topological polar surface area (TPSA) is 105 Å². The predicted octanol–water partition coefficient (Wildman–Crippen LogP) is 5.91. The maximum absolute atomic E-state index is 13.3. The number of carbonyl (C=O) groups is 3. The molecule has 0 bridgehead atoms. The summed E-state index contributed by atoms with van der Waals surface area (Å²) < 4.78 is 6.38. The minimum Gasteiger partial charge on any atom is -0.453 e. The number of aromatic nitrogens is 2. The number of benzene rings is 2. The molecule has 40 heavy (non-hydrogen) atoms. The van der Waals surface area contributed by atoms with Crippen molar-refractivity contribution in [3.8, 4) is 0 Å². The molecule has 0 atom stereocenters. The summed E-state index contributed by atoms with van der Waals surface area (Å²) in [6.07, 6.45) is 2.97. The van der Waals surface area contributed by atoms with Crippen LogP contribution in [0, 0.1) is 0 Å². The van der Waals surface area contributed by atoms with Crippen molar-refractivity contribution in [1.82, 2.24) is 14.5 Å². The highest BCUT2D eigenvalue weighted by Gasteiger charge is 2.25. The summed E-state index contributed by atoms with van der Waals surface area (Å²) in [6, 6.07) is 20.6. The van der Waals surface area contributed by atoms with E-state index in [-0.39, 0.29) is 17.7 Å². The number of anilines is 2. The Morgan fingerprint density at radius 2 is 1.68 bits per heavy atom. The van der Waals surface area contributed by atoms with Crippen molar-refractivity contribution in [2.75, 3.05) is 30.8 Å². The van der Waals surface area contributed by atoms with Crippen LogP contribution in [0.5, 0.6) is 0 Å². The highest BCUT2D eigenvalue weighted by atomic mass is 16.5. The molecule has 1 saturated heterocycles. The van der Waals surface area contributed by atoms with Crippen LogP contribution in [0.25, 0.3) is 5.52 Å². The zero-order valence-corrected chi connectivity index (χ0v) is 22.9. The summed E-state index contributed by atoms with van der Waals surface area (Å²) >= 11 is 0. The lowest BCUT2D eigenvalue weighted by Gasteiger charge is -2.32. The van der Waals surface area contributed by atoms with Gasteiger partial charge in [0.15, 0.2) is 0 Å². The lowest BCUT2D eigenvalue weighted by Crippen LogP contribution is -2.37. The third-order valence-corrected chi connectivity index (χ3v) is 7.30. The van der Waals surface area contributed by atoms with E-state index >= 15 is 0 Å². The zero-order chi connectivity index (χ0) is 28.2. The molecular weight excluding hydrogens is 506 g/mol. The number of nitrogens with zero attached hydrogens (tertiary/aromatic N) is 3. The second kappa shape index (κ2) is 11.6. The number of likely N-dealkylation sites (tertiary alicyclic amines) is 1. The fourth-order valence-electron chi connectivity index (χ4n) is 5.18. The molecule has 3 heterocycles. The Balaban J connectivity index is 1.20. The van der Waals surface area contributed by atoms with E-state index in [2.05, 4.69) is 32.6 Å². The predicted molar refractivity (Wildman–Crippen MR) is 154 cm³/mol. The first-order chi connectivity index (χ1) is 19.3. The van der Waals surface area contributed by atoms with Crippen molar-refractivity contribution in [1.29, 1.82) is 0 Å². The van der Waals surface area contributed by atoms with Gasteiger partial charge < -0.3 is 15.0 Å². The molecule has 0 spiro atoms. The highest BCUT2D eigenvalue weighted by molar-refractivity contribution is 6.10. The van der Waals surface area contributed by atoms with Crippen molar-refractivity contribution >= 4 is 34.8 Å². The second-order valence-corrected chi connectivity index (χ2v) is 10.3. The molecule has 9 nitrogen and oxygen atoms in total. The largest absolute Gasteiger partial charge is 0.453 e. The van der Waals surface area contributed by atoms with Gasteiger partial charge in [0, 0.05) is 36.2 Å². The number of nitrogens with one attached hydrogen (secondary N) is 2. The van der Waals surface area contributed by atoms with Gasteiger partial charge in [-0.05, 0) is 72.7 Å². The number of piperidine rings is 1. The summed E-state index contributed by atoms with van der Waals surface area (Å²) in [5.74, 6) is 0.211. The molecule has 1 aliphatic heterocycles. The van der Waals surface area contributed by atoms with E-state index in [9.17, 15) is 14.4 Å². The molecule has 9 heteroatoms. The average molecular weight is 540 g/mol. The molecule has 206 valence electrons. The molecule has 1 aliphatic rings. The molecular formula is C31H33N5O4. The van der Waals surface area contributed by atoms with Crippen LogP contribution < -0.4 is 10.6 Å². The molecule has 2 aromatic carbocycles. The van der Waals surface area contributed by atoms with Gasteiger partial charge in [-0.25, -0.2) is 9.31 Å². The molecule has 4 aromatic rings. The normalized spacial score (nSPS) is 13.8. The maximum atomic E-state index is 13.3. The van der Waals surface area contributed by atoms with Gasteiger partial charge in [-0.2, -0.15) is 5.10 Å². The van der Waals surface area contributed by atoms with Gasteiger partial charge >= 0.3 is 6.09 Å². The average Bonchev–Trinajstić information content (AvgIpc) is 3.38. The lowest BCUT2D eigenvalue weighted by atomic mass is 9.89. The Morgan fingerprint density at radius 1 is 0.925 bits per heavy atom. The van der Waals surface area contributed by atoms with Crippen molar-refractivity contribution in [2.45, 2.75) is 38.5 Å². The van der Waals surface area contributed by atoms with Gasteiger partial charge in [-0.3, -0.25) is 14.9 Å². The number of ether oxygens (including phenoxy) is 1. The van der Waals surface area contributed by atoms with Crippen LogP contribution in [-0.2, 0) is 4.74 Å². The van der Waals surface area contributed by atoms with E-state index in [4.69, 9.17) is 0 Å². The van der Waals surface area contributed by atoms with Crippen LogP contribution in [0.15, 0.2) is 72.9 Å². The third kappa shape index (κ3) is 5.68. The molecule has 2 aromatic heterocycles. The molecule has 0 radical (unpaired) electrons. The van der Waals surface area contributed by atoms with Crippen LogP contribution in [0.3, 0.4) is 0 Å². The van der Waals surface area contributed by atoms with Gasteiger partial charge in [-0.1, -0.05) is 38.1 Å². The molecule has 0 aliphatic carbocycles. The Morgan fingerprint density at radius 3 is 2.38 bits per heavy atom. The number of pyridine rings is 1. The van der Waals surface area contributed by atoms with Crippen LogP contribution in [0.1, 0.15) is 70.5 Å². The Labute approximate surface area is 233 Å². The number of carbonyl (C=O) groups excluding carboxylic acids is 3. The Bertz CT molecular complexity index is 1540. The molecule has 0 unspecified atom stereocenters. The van der Waals surface area contributed by atoms with Gasteiger partial charge in [0.25, 0.3) is 11.8 Å². The first-order valence-electron chi connectivity index (χ1n) is 13.5. The van der Waals surface area contributed by atoms with Gasteiger partial charge in [0.1, 0.15) is 0 Å². The fraction of sp³-hybridized carbons (Fsp3) is 0.290. The van der Waals surface area contributed by atoms with Crippen molar-refractivity contribution in [2.24, 2.45) is 0 Å². The molecule has 1 fully saturated rings. The van der Waals surface area contributed by atoms with Gasteiger partial charge in [0.05, 0.1) is 23.9 Å². The number of hydrogen-bond donors (Lipinski definition) is 2. The van der Waals surface area contributed by atoms with E-state index in [1.165, 1.54) is 12.7 Å². The van der Waals surface area contributed by atoms with E-state index in [0.29, 0.717) is 35.8 Å².